The zero-order chi connectivity index (χ0) is 12.5. The van der Waals surface area contributed by atoms with Crippen molar-refractivity contribution in [3.05, 3.63) is 52.5 Å². The molecule has 3 aromatic heterocycles. The first-order chi connectivity index (χ1) is 8.72. The molecule has 0 atom stereocenters. The van der Waals surface area contributed by atoms with E-state index in [0.29, 0.717) is 17.6 Å². The Morgan fingerprint density at radius 2 is 2.28 bits per heavy atom. The zero-order valence-electron chi connectivity index (χ0n) is 9.79. The van der Waals surface area contributed by atoms with Crippen molar-refractivity contribution in [2.45, 2.75) is 13.5 Å². The topological polar surface area (TPSA) is 76.5 Å². The number of H-pyrrole nitrogens is 1. The van der Waals surface area contributed by atoms with Gasteiger partial charge in [0.25, 0.3) is 5.56 Å². The van der Waals surface area contributed by atoms with Crippen molar-refractivity contribution in [2.75, 3.05) is 0 Å². The molecule has 0 aliphatic heterocycles. The average Bonchev–Trinajstić information content (AvgIpc) is 2.73. The van der Waals surface area contributed by atoms with Crippen LogP contribution in [0.5, 0.6) is 0 Å². The van der Waals surface area contributed by atoms with Crippen LogP contribution in [-0.4, -0.2) is 24.7 Å². The van der Waals surface area contributed by atoms with E-state index < -0.39 is 0 Å². The molecule has 0 aliphatic rings. The largest absolute Gasteiger partial charge is 0.311 e. The van der Waals surface area contributed by atoms with Crippen LogP contribution in [0.15, 0.2) is 35.5 Å². The summed E-state index contributed by atoms with van der Waals surface area (Å²) in [7, 11) is 0. The number of nitrogens with zero attached hydrogens (tertiary/aromatic N) is 4. The molecule has 0 bridgehead atoms. The van der Waals surface area contributed by atoms with Gasteiger partial charge in [-0.1, -0.05) is 6.07 Å². The smallest absolute Gasteiger partial charge is 0.279 e. The Hall–Kier alpha value is -2.50. The molecule has 0 saturated heterocycles. The van der Waals surface area contributed by atoms with Crippen LogP contribution < -0.4 is 5.56 Å². The first kappa shape index (κ1) is 10.6. The molecule has 0 saturated carbocycles. The number of nitrogens with one attached hydrogen (secondary N) is 1. The second kappa shape index (κ2) is 4.06. The molecule has 0 amide bonds. The van der Waals surface area contributed by atoms with Gasteiger partial charge in [-0.3, -0.25) is 14.5 Å². The highest BCUT2D eigenvalue weighted by molar-refractivity contribution is 5.71. The van der Waals surface area contributed by atoms with E-state index in [4.69, 9.17) is 0 Å². The van der Waals surface area contributed by atoms with Crippen LogP contribution in [0.1, 0.15) is 11.4 Å². The van der Waals surface area contributed by atoms with Gasteiger partial charge in [-0.25, -0.2) is 4.98 Å². The molecule has 90 valence electrons. The van der Waals surface area contributed by atoms with E-state index in [2.05, 4.69) is 20.1 Å². The summed E-state index contributed by atoms with van der Waals surface area (Å²) in [5, 5.41) is 4.21. The van der Waals surface area contributed by atoms with Crippen LogP contribution >= 0.6 is 0 Å². The van der Waals surface area contributed by atoms with Gasteiger partial charge in [0.15, 0.2) is 5.52 Å². The Morgan fingerprint density at radius 3 is 3.06 bits per heavy atom. The van der Waals surface area contributed by atoms with Crippen molar-refractivity contribution in [1.29, 1.82) is 0 Å². The maximum absolute atomic E-state index is 11.5. The van der Waals surface area contributed by atoms with Crippen LogP contribution in [0.2, 0.25) is 0 Å². The minimum atomic E-state index is -0.226. The summed E-state index contributed by atoms with van der Waals surface area (Å²) < 4.78 is 1.68. The normalized spacial score (nSPS) is 10.9. The minimum absolute atomic E-state index is 0.226. The Labute approximate surface area is 102 Å². The first-order valence-corrected chi connectivity index (χ1v) is 5.56. The SMILES string of the molecule is Cc1cccc(Cn2cc3nc[nH]c(=O)c3n2)n1. The van der Waals surface area contributed by atoms with Crippen molar-refractivity contribution in [3.63, 3.8) is 0 Å². The van der Waals surface area contributed by atoms with Crippen molar-refractivity contribution in [2.24, 2.45) is 0 Å². The number of pyridine rings is 1. The van der Waals surface area contributed by atoms with Gasteiger partial charge < -0.3 is 4.98 Å². The molecule has 6 nitrogen and oxygen atoms in total. The fraction of sp³-hybridized carbons (Fsp3) is 0.167. The van der Waals surface area contributed by atoms with Crippen molar-refractivity contribution < 1.29 is 0 Å². The summed E-state index contributed by atoms with van der Waals surface area (Å²) in [5.74, 6) is 0. The van der Waals surface area contributed by atoms with Gasteiger partial charge in [0.05, 0.1) is 24.8 Å². The third-order valence-corrected chi connectivity index (χ3v) is 2.63. The fourth-order valence-electron chi connectivity index (χ4n) is 1.83. The highest BCUT2D eigenvalue weighted by Gasteiger charge is 2.06. The number of hydrogen-bond acceptors (Lipinski definition) is 4. The lowest BCUT2D eigenvalue weighted by Gasteiger charge is -2.01. The predicted molar refractivity (Wildman–Crippen MR) is 66.2 cm³/mol. The number of fused-ring (bicyclic) bond motifs is 1. The molecule has 3 heterocycles. The number of aromatic amines is 1. The molecular formula is C12H11N5O. The summed E-state index contributed by atoms with van der Waals surface area (Å²) in [6.07, 6.45) is 3.12. The molecule has 3 aromatic rings. The lowest BCUT2D eigenvalue weighted by molar-refractivity contribution is 0.678. The van der Waals surface area contributed by atoms with E-state index in [1.165, 1.54) is 6.33 Å². The molecule has 0 aliphatic carbocycles. The number of hydrogen-bond donors (Lipinski definition) is 1. The van der Waals surface area contributed by atoms with E-state index in [0.717, 1.165) is 11.4 Å². The van der Waals surface area contributed by atoms with Gasteiger partial charge in [0.1, 0.15) is 5.52 Å². The van der Waals surface area contributed by atoms with Gasteiger partial charge in [0.2, 0.25) is 0 Å². The predicted octanol–water partition coefficient (Wildman–Crippen LogP) is 0.871. The Bertz CT molecular complexity index is 758. The van der Waals surface area contributed by atoms with Crippen LogP contribution in [0, 0.1) is 6.92 Å². The maximum Gasteiger partial charge on any atom is 0.279 e. The highest BCUT2D eigenvalue weighted by Crippen LogP contribution is 2.05. The van der Waals surface area contributed by atoms with Crippen LogP contribution in [0.4, 0.5) is 0 Å². The van der Waals surface area contributed by atoms with Crippen molar-refractivity contribution in [3.8, 4) is 0 Å². The van der Waals surface area contributed by atoms with E-state index in [-0.39, 0.29) is 5.56 Å². The summed E-state index contributed by atoms with van der Waals surface area (Å²) in [4.78, 5) is 22.5. The van der Waals surface area contributed by atoms with E-state index in [1.54, 1.807) is 10.9 Å². The second-order valence-electron chi connectivity index (χ2n) is 4.06. The fourth-order valence-corrected chi connectivity index (χ4v) is 1.83. The number of aromatic nitrogens is 5. The summed E-state index contributed by atoms with van der Waals surface area (Å²) >= 11 is 0. The van der Waals surface area contributed by atoms with Crippen molar-refractivity contribution >= 4 is 11.0 Å². The van der Waals surface area contributed by atoms with E-state index in [9.17, 15) is 4.79 Å². The molecule has 0 aromatic carbocycles. The third kappa shape index (κ3) is 1.88. The molecule has 18 heavy (non-hydrogen) atoms. The monoisotopic (exact) mass is 241 g/mol. The summed E-state index contributed by atoms with van der Waals surface area (Å²) in [6, 6.07) is 5.82. The molecule has 3 rings (SSSR count). The summed E-state index contributed by atoms with van der Waals surface area (Å²) in [6.45, 7) is 2.47. The van der Waals surface area contributed by atoms with Gasteiger partial charge in [-0.05, 0) is 19.1 Å². The molecule has 0 spiro atoms. The molecule has 6 heteroatoms. The lowest BCUT2D eigenvalue weighted by Crippen LogP contribution is -2.07. The average molecular weight is 241 g/mol. The Balaban J connectivity index is 2.01. The van der Waals surface area contributed by atoms with Gasteiger partial charge in [-0.15, -0.1) is 0 Å². The van der Waals surface area contributed by atoms with Gasteiger partial charge >= 0.3 is 0 Å². The molecule has 0 unspecified atom stereocenters. The Kier molecular flexibility index (Phi) is 2.40. The third-order valence-electron chi connectivity index (χ3n) is 2.63. The van der Waals surface area contributed by atoms with Gasteiger partial charge in [0, 0.05) is 5.69 Å². The zero-order valence-corrected chi connectivity index (χ0v) is 9.79. The summed E-state index contributed by atoms with van der Waals surface area (Å²) in [5.41, 5.74) is 2.58. The number of aryl methyl sites for hydroxylation is 1. The van der Waals surface area contributed by atoms with E-state index in [1.807, 2.05) is 25.1 Å². The highest BCUT2D eigenvalue weighted by atomic mass is 16.1. The number of rotatable bonds is 2. The van der Waals surface area contributed by atoms with Crippen LogP contribution in [0.25, 0.3) is 11.0 Å². The molecule has 0 radical (unpaired) electrons. The molecular weight excluding hydrogens is 230 g/mol. The lowest BCUT2D eigenvalue weighted by atomic mass is 10.3. The Morgan fingerprint density at radius 1 is 1.39 bits per heavy atom. The standard InChI is InChI=1S/C12H11N5O/c1-8-3-2-4-9(15-8)5-17-6-10-11(16-17)12(18)14-7-13-10/h2-4,6-7H,5H2,1H3,(H,13,14,18). The van der Waals surface area contributed by atoms with Crippen LogP contribution in [0.3, 0.4) is 0 Å². The minimum Gasteiger partial charge on any atom is -0.311 e. The van der Waals surface area contributed by atoms with Gasteiger partial charge in [-0.2, -0.15) is 5.10 Å². The van der Waals surface area contributed by atoms with Crippen LogP contribution in [-0.2, 0) is 6.54 Å². The second-order valence-corrected chi connectivity index (χ2v) is 4.06. The van der Waals surface area contributed by atoms with E-state index >= 15 is 0 Å². The molecule has 0 fully saturated rings. The quantitative estimate of drug-likeness (QED) is 0.722. The first-order valence-electron chi connectivity index (χ1n) is 5.56. The maximum atomic E-state index is 11.5. The van der Waals surface area contributed by atoms with Crippen molar-refractivity contribution in [1.82, 2.24) is 24.7 Å². The molecule has 1 N–H and O–H groups in total.